The third-order valence-corrected chi connectivity index (χ3v) is 2.33. The van der Waals surface area contributed by atoms with Gasteiger partial charge in [-0.15, -0.1) is 0 Å². The minimum atomic E-state index is -0.960. The van der Waals surface area contributed by atoms with Gasteiger partial charge < -0.3 is 19.6 Å². The first-order chi connectivity index (χ1) is 7.54. The predicted octanol–water partition coefficient (Wildman–Crippen LogP) is 1.41. The third kappa shape index (κ3) is 3.36. The quantitative estimate of drug-likeness (QED) is 0.768. The Hall–Kier alpha value is -1.33. The summed E-state index contributed by atoms with van der Waals surface area (Å²) in [7, 11) is 1.64. The van der Waals surface area contributed by atoms with Crippen LogP contribution in [0, 0.1) is 6.92 Å². The molecule has 0 saturated carbocycles. The molecule has 5 nitrogen and oxygen atoms in total. The van der Waals surface area contributed by atoms with Gasteiger partial charge in [0.05, 0.1) is 12.6 Å². The maximum atomic E-state index is 10.8. The SMILES string of the molecule is COC(C)CNCc1cc(C(=O)O)c(C)o1. The highest BCUT2D eigenvalue weighted by molar-refractivity contribution is 5.88. The van der Waals surface area contributed by atoms with E-state index in [1.807, 2.05) is 6.92 Å². The first-order valence-electron chi connectivity index (χ1n) is 5.10. The van der Waals surface area contributed by atoms with Crippen LogP contribution >= 0.6 is 0 Å². The zero-order valence-electron chi connectivity index (χ0n) is 9.74. The maximum absolute atomic E-state index is 10.8. The van der Waals surface area contributed by atoms with Crippen molar-refractivity contribution in [2.45, 2.75) is 26.5 Å². The number of aromatic carboxylic acids is 1. The van der Waals surface area contributed by atoms with Gasteiger partial charge in [0.15, 0.2) is 0 Å². The van der Waals surface area contributed by atoms with Crippen LogP contribution < -0.4 is 5.32 Å². The smallest absolute Gasteiger partial charge is 0.339 e. The second kappa shape index (κ2) is 5.67. The van der Waals surface area contributed by atoms with Crippen LogP contribution in [0.5, 0.6) is 0 Å². The summed E-state index contributed by atoms with van der Waals surface area (Å²) in [5.41, 5.74) is 0.219. The molecule has 1 unspecified atom stereocenters. The molecular formula is C11H17NO4. The molecule has 1 rings (SSSR count). The molecule has 2 N–H and O–H groups in total. The fraction of sp³-hybridized carbons (Fsp3) is 0.545. The van der Waals surface area contributed by atoms with Gasteiger partial charge >= 0.3 is 5.97 Å². The van der Waals surface area contributed by atoms with Gasteiger partial charge in [0.2, 0.25) is 0 Å². The molecule has 0 saturated heterocycles. The number of rotatable bonds is 6. The van der Waals surface area contributed by atoms with Crippen molar-refractivity contribution in [3.63, 3.8) is 0 Å². The lowest BCUT2D eigenvalue weighted by Crippen LogP contribution is -2.25. The number of carboxylic acid groups (broad SMARTS) is 1. The second-order valence-electron chi connectivity index (χ2n) is 3.66. The molecule has 0 radical (unpaired) electrons. The Morgan fingerprint density at radius 2 is 2.38 bits per heavy atom. The largest absolute Gasteiger partial charge is 0.478 e. The molecule has 0 amide bonds. The summed E-state index contributed by atoms with van der Waals surface area (Å²) in [4.78, 5) is 10.8. The molecule has 0 fully saturated rings. The van der Waals surface area contributed by atoms with E-state index in [9.17, 15) is 4.79 Å². The molecule has 16 heavy (non-hydrogen) atoms. The molecule has 90 valence electrons. The van der Waals surface area contributed by atoms with E-state index >= 15 is 0 Å². The number of methoxy groups -OCH3 is 1. The van der Waals surface area contributed by atoms with E-state index in [1.54, 1.807) is 20.1 Å². The number of nitrogens with one attached hydrogen (secondary N) is 1. The molecular weight excluding hydrogens is 210 g/mol. The molecule has 1 atom stereocenters. The van der Waals surface area contributed by atoms with E-state index in [2.05, 4.69) is 5.32 Å². The number of ether oxygens (including phenoxy) is 1. The lowest BCUT2D eigenvalue weighted by molar-refractivity contribution is 0.0695. The average Bonchev–Trinajstić information content (AvgIpc) is 2.59. The Balaban J connectivity index is 2.49. The van der Waals surface area contributed by atoms with Crippen molar-refractivity contribution in [2.75, 3.05) is 13.7 Å². The average molecular weight is 227 g/mol. The van der Waals surface area contributed by atoms with Gasteiger partial charge in [0.1, 0.15) is 17.1 Å². The summed E-state index contributed by atoms with van der Waals surface area (Å²) < 4.78 is 10.4. The van der Waals surface area contributed by atoms with Crippen molar-refractivity contribution in [3.8, 4) is 0 Å². The molecule has 0 spiro atoms. The monoisotopic (exact) mass is 227 g/mol. The maximum Gasteiger partial charge on any atom is 0.339 e. The number of carboxylic acids is 1. The topological polar surface area (TPSA) is 71.7 Å². The summed E-state index contributed by atoms with van der Waals surface area (Å²) in [6.45, 7) is 4.79. The van der Waals surface area contributed by atoms with Crippen molar-refractivity contribution in [1.29, 1.82) is 0 Å². The first kappa shape index (κ1) is 12.7. The molecule has 1 aromatic heterocycles. The van der Waals surface area contributed by atoms with Crippen molar-refractivity contribution < 1.29 is 19.1 Å². The molecule has 1 aromatic rings. The van der Waals surface area contributed by atoms with Crippen LogP contribution in [-0.2, 0) is 11.3 Å². The predicted molar refractivity (Wildman–Crippen MR) is 58.6 cm³/mol. The highest BCUT2D eigenvalue weighted by Gasteiger charge is 2.13. The summed E-state index contributed by atoms with van der Waals surface area (Å²) >= 11 is 0. The summed E-state index contributed by atoms with van der Waals surface area (Å²) in [5.74, 6) is 0.0973. The number of hydrogen-bond donors (Lipinski definition) is 2. The van der Waals surface area contributed by atoms with Gasteiger partial charge in [-0.2, -0.15) is 0 Å². The molecule has 0 aromatic carbocycles. The third-order valence-electron chi connectivity index (χ3n) is 2.33. The van der Waals surface area contributed by atoms with Crippen LogP contribution in [0.1, 0.15) is 28.8 Å². The van der Waals surface area contributed by atoms with Crippen LogP contribution in [-0.4, -0.2) is 30.8 Å². The van der Waals surface area contributed by atoms with E-state index < -0.39 is 5.97 Å². The standard InChI is InChI=1S/C11H17NO4/c1-7(15-3)5-12-6-9-4-10(11(13)14)8(2)16-9/h4,7,12H,5-6H2,1-3H3,(H,13,14). The second-order valence-corrected chi connectivity index (χ2v) is 3.66. The van der Waals surface area contributed by atoms with Gasteiger partial charge in [-0.25, -0.2) is 4.79 Å². The molecule has 1 heterocycles. The Labute approximate surface area is 94.4 Å². The fourth-order valence-corrected chi connectivity index (χ4v) is 1.33. The molecule has 0 aliphatic carbocycles. The van der Waals surface area contributed by atoms with Gasteiger partial charge in [-0.1, -0.05) is 0 Å². The van der Waals surface area contributed by atoms with Gasteiger partial charge in [-0.3, -0.25) is 0 Å². The summed E-state index contributed by atoms with van der Waals surface area (Å²) in [5, 5.41) is 12.0. The Bertz CT molecular complexity index is 359. The summed E-state index contributed by atoms with van der Waals surface area (Å²) in [6.07, 6.45) is 0.120. The zero-order valence-corrected chi connectivity index (χ0v) is 9.74. The van der Waals surface area contributed by atoms with E-state index in [1.165, 1.54) is 0 Å². The van der Waals surface area contributed by atoms with Gasteiger partial charge in [0, 0.05) is 13.7 Å². The number of furan rings is 1. The Kier molecular flexibility index (Phi) is 4.52. The van der Waals surface area contributed by atoms with Crippen LogP contribution in [0.25, 0.3) is 0 Å². The minimum Gasteiger partial charge on any atom is -0.478 e. The van der Waals surface area contributed by atoms with Crippen LogP contribution in [0.3, 0.4) is 0 Å². The van der Waals surface area contributed by atoms with E-state index in [-0.39, 0.29) is 11.7 Å². The Morgan fingerprint density at radius 1 is 1.69 bits per heavy atom. The van der Waals surface area contributed by atoms with Gasteiger partial charge in [-0.05, 0) is 19.9 Å². The fourth-order valence-electron chi connectivity index (χ4n) is 1.33. The normalized spacial score (nSPS) is 12.7. The number of carbonyl (C=O) groups is 1. The van der Waals surface area contributed by atoms with Crippen molar-refractivity contribution >= 4 is 5.97 Å². The lowest BCUT2D eigenvalue weighted by Gasteiger charge is -2.09. The van der Waals surface area contributed by atoms with E-state index in [4.69, 9.17) is 14.3 Å². The molecule has 0 bridgehead atoms. The first-order valence-corrected chi connectivity index (χ1v) is 5.10. The molecule has 5 heteroatoms. The highest BCUT2D eigenvalue weighted by Crippen LogP contribution is 2.14. The van der Waals surface area contributed by atoms with Crippen molar-refractivity contribution in [1.82, 2.24) is 5.32 Å². The number of aryl methyl sites for hydroxylation is 1. The van der Waals surface area contributed by atoms with Gasteiger partial charge in [0.25, 0.3) is 0 Å². The van der Waals surface area contributed by atoms with Crippen molar-refractivity contribution in [3.05, 3.63) is 23.2 Å². The highest BCUT2D eigenvalue weighted by atomic mass is 16.5. The van der Waals surface area contributed by atoms with Crippen LogP contribution in [0.2, 0.25) is 0 Å². The van der Waals surface area contributed by atoms with E-state index in [0.29, 0.717) is 24.6 Å². The number of hydrogen-bond acceptors (Lipinski definition) is 4. The summed E-state index contributed by atoms with van der Waals surface area (Å²) in [6, 6.07) is 1.54. The lowest BCUT2D eigenvalue weighted by atomic mass is 10.2. The Morgan fingerprint density at radius 3 is 2.88 bits per heavy atom. The van der Waals surface area contributed by atoms with Crippen LogP contribution in [0.15, 0.2) is 10.5 Å². The molecule has 0 aliphatic heterocycles. The van der Waals surface area contributed by atoms with E-state index in [0.717, 1.165) is 0 Å². The van der Waals surface area contributed by atoms with Crippen molar-refractivity contribution in [2.24, 2.45) is 0 Å². The zero-order chi connectivity index (χ0) is 12.1. The van der Waals surface area contributed by atoms with Crippen LogP contribution in [0.4, 0.5) is 0 Å². The molecule has 0 aliphatic rings. The minimum absolute atomic E-state index is 0.120.